The summed E-state index contributed by atoms with van der Waals surface area (Å²) in [5.41, 5.74) is 5.29. The number of ether oxygens (including phenoxy) is 2. The number of nitro groups is 1. The molecule has 108 valence electrons. The molecule has 0 aliphatic carbocycles. The number of anilines is 2. The number of hydrogen-bond acceptors (Lipinski definition) is 8. The van der Waals surface area contributed by atoms with Crippen LogP contribution >= 0.6 is 0 Å². The third-order valence-corrected chi connectivity index (χ3v) is 2.98. The number of carbonyl (C=O) groups excluding carboxylic acids is 1. The Bertz CT molecular complexity index is 536. The Balaban J connectivity index is 2.31. The van der Waals surface area contributed by atoms with Crippen molar-refractivity contribution in [3.05, 3.63) is 22.2 Å². The molecular formula is C11H14N4O5. The lowest BCUT2D eigenvalue weighted by atomic mass is 10.2. The van der Waals surface area contributed by atoms with Gasteiger partial charge in [-0.2, -0.15) is 0 Å². The zero-order valence-electron chi connectivity index (χ0n) is 10.8. The zero-order valence-corrected chi connectivity index (χ0v) is 10.8. The van der Waals surface area contributed by atoms with Crippen LogP contribution in [-0.4, -0.2) is 48.8 Å². The highest BCUT2D eigenvalue weighted by Gasteiger charge is 2.32. The van der Waals surface area contributed by atoms with E-state index in [9.17, 15) is 14.9 Å². The minimum absolute atomic E-state index is 0.172. The molecule has 9 heteroatoms. The fraction of sp³-hybridized carbons (Fsp3) is 0.455. The van der Waals surface area contributed by atoms with Crippen LogP contribution in [0.4, 0.5) is 17.3 Å². The van der Waals surface area contributed by atoms with Crippen molar-refractivity contribution in [2.45, 2.75) is 6.04 Å². The minimum atomic E-state index is -0.637. The summed E-state index contributed by atoms with van der Waals surface area (Å²) in [5.74, 6) is -0.266. The third-order valence-electron chi connectivity index (χ3n) is 2.98. The van der Waals surface area contributed by atoms with E-state index in [4.69, 9.17) is 15.2 Å². The summed E-state index contributed by atoms with van der Waals surface area (Å²) in [6.07, 6.45) is 0. The van der Waals surface area contributed by atoms with Gasteiger partial charge >= 0.3 is 11.7 Å². The number of pyridine rings is 1. The minimum Gasteiger partial charge on any atom is -0.467 e. The molecule has 1 aliphatic heterocycles. The van der Waals surface area contributed by atoms with Crippen LogP contribution in [0.3, 0.4) is 0 Å². The Kier molecular flexibility index (Phi) is 3.99. The van der Waals surface area contributed by atoms with Crippen LogP contribution < -0.4 is 10.6 Å². The quantitative estimate of drug-likeness (QED) is 0.465. The highest BCUT2D eigenvalue weighted by Crippen LogP contribution is 2.25. The van der Waals surface area contributed by atoms with E-state index in [0.29, 0.717) is 19.0 Å². The Morgan fingerprint density at radius 3 is 3.00 bits per heavy atom. The molecule has 2 N–H and O–H groups in total. The van der Waals surface area contributed by atoms with E-state index < -0.39 is 16.9 Å². The van der Waals surface area contributed by atoms with Crippen molar-refractivity contribution in [2.24, 2.45) is 0 Å². The molecule has 0 bridgehead atoms. The summed E-state index contributed by atoms with van der Waals surface area (Å²) in [5, 5.41) is 10.7. The predicted octanol–water partition coefficient (Wildman–Crippen LogP) is -0.0498. The first-order valence-corrected chi connectivity index (χ1v) is 5.87. The molecule has 0 aromatic carbocycles. The van der Waals surface area contributed by atoms with Crippen molar-refractivity contribution in [3.63, 3.8) is 0 Å². The molecule has 20 heavy (non-hydrogen) atoms. The molecule has 2 rings (SSSR count). The number of aromatic nitrogens is 1. The molecule has 1 saturated heterocycles. The maximum Gasteiger partial charge on any atom is 0.330 e. The normalized spacial score (nSPS) is 18.6. The molecule has 2 heterocycles. The highest BCUT2D eigenvalue weighted by molar-refractivity contribution is 5.80. The zero-order chi connectivity index (χ0) is 14.7. The number of esters is 1. The van der Waals surface area contributed by atoms with E-state index in [2.05, 4.69) is 4.98 Å². The maximum absolute atomic E-state index is 11.7. The molecule has 1 fully saturated rings. The molecular weight excluding hydrogens is 268 g/mol. The number of rotatable bonds is 3. The number of morpholine rings is 1. The lowest BCUT2D eigenvalue weighted by Gasteiger charge is -2.34. The summed E-state index contributed by atoms with van der Waals surface area (Å²) in [6, 6.07) is 2.08. The number of methoxy groups -OCH3 is 1. The van der Waals surface area contributed by atoms with Crippen molar-refractivity contribution >= 4 is 23.3 Å². The van der Waals surface area contributed by atoms with Gasteiger partial charge in [0.15, 0.2) is 6.04 Å². The van der Waals surface area contributed by atoms with Gasteiger partial charge in [0, 0.05) is 12.6 Å². The molecule has 1 unspecified atom stereocenters. The second-order valence-electron chi connectivity index (χ2n) is 4.14. The van der Waals surface area contributed by atoms with Gasteiger partial charge in [-0.1, -0.05) is 0 Å². The summed E-state index contributed by atoms with van der Waals surface area (Å²) in [4.78, 5) is 27.4. The monoisotopic (exact) mass is 282 g/mol. The largest absolute Gasteiger partial charge is 0.467 e. The van der Waals surface area contributed by atoms with Gasteiger partial charge < -0.3 is 20.1 Å². The van der Waals surface area contributed by atoms with E-state index >= 15 is 0 Å². The fourth-order valence-electron chi connectivity index (χ4n) is 1.98. The van der Waals surface area contributed by atoms with Gasteiger partial charge in [-0.25, -0.2) is 9.78 Å². The number of nitrogens with two attached hydrogens (primary N) is 1. The number of nitrogen functional groups attached to an aromatic ring is 1. The Morgan fingerprint density at radius 1 is 1.65 bits per heavy atom. The van der Waals surface area contributed by atoms with Gasteiger partial charge in [-0.15, -0.1) is 0 Å². The standard InChI is InChI=1S/C11H14N4O5/c1-19-11(16)8-6-20-5-4-14(8)9-3-2-7(15(17)18)10(12)13-9/h2-3,8H,4-6H2,1H3,(H2,12,13). The second kappa shape index (κ2) is 5.70. The van der Waals surface area contributed by atoms with Crippen LogP contribution in [0, 0.1) is 10.1 Å². The first-order valence-electron chi connectivity index (χ1n) is 5.87. The van der Waals surface area contributed by atoms with E-state index in [1.807, 2.05) is 0 Å². The van der Waals surface area contributed by atoms with Gasteiger partial charge in [-0.3, -0.25) is 10.1 Å². The van der Waals surface area contributed by atoms with E-state index in [-0.39, 0.29) is 18.1 Å². The topological polar surface area (TPSA) is 121 Å². The Morgan fingerprint density at radius 2 is 2.40 bits per heavy atom. The molecule has 0 radical (unpaired) electrons. The van der Waals surface area contributed by atoms with Crippen molar-refractivity contribution in [1.29, 1.82) is 0 Å². The number of nitrogens with zero attached hydrogens (tertiary/aromatic N) is 3. The smallest absolute Gasteiger partial charge is 0.330 e. The first-order chi connectivity index (χ1) is 9.54. The van der Waals surface area contributed by atoms with Crippen molar-refractivity contribution < 1.29 is 19.2 Å². The number of carbonyl (C=O) groups is 1. The Hall–Kier alpha value is -2.42. The van der Waals surface area contributed by atoms with Crippen LogP contribution in [0.2, 0.25) is 0 Å². The van der Waals surface area contributed by atoms with Crippen LogP contribution in [0.25, 0.3) is 0 Å². The first kappa shape index (κ1) is 14.0. The molecule has 1 aromatic rings. The van der Waals surface area contributed by atoms with Crippen LogP contribution in [0.5, 0.6) is 0 Å². The fourth-order valence-corrected chi connectivity index (χ4v) is 1.98. The van der Waals surface area contributed by atoms with Crippen LogP contribution in [0.1, 0.15) is 0 Å². The van der Waals surface area contributed by atoms with Crippen LogP contribution in [-0.2, 0) is 14.3 Å². The lowest BCUT2D eigenvalue weighted by Crippen LogP contribution is -2.51. The van der Waals surface area contributed by atoms with E-state index in [1.165, 1.54) is 19.2 Å². The molecule has 0 spiro atoms. The van der Waals surface area contributed by atoms with E-state index in [1.54, 1.807) is 4.90 Å². The molecule has 9 nitrogen and oxygen atoms in total. The summed E-state index contributed by atoms with van der Waals surface area (Å²) >= 11 is 0. The molecule has 0 saturated carbocycles. The number of hydrogen-bond donors (Lipinski definition) is 1. The van der Waals surface area contributed by atoms with Crippen molar-refractivity contribution in [3.8, 4) is 0 Å². The van der Waals surface area contributed by atoms with Gasteiger partial charge in [0.05, 0.1) is 25.2 Å². The Labute approximate surface area is 114 Å². The second-order valence-corrected chi connectivity index (χ2v) is 4.14. The predicted molar refractivity (Wildman–Crippen MR) is 69.3 cm³/mol. The van der Waals surface area contributed by atoms with Crippen molar-refractivity contribution in [2.75, 3.05) is 37.5 Å². The highest BCUT2D eigenvalue weighted by atomic mass is 16.6. The van der Waals surface area contributed by atoms with Gasteiger partial charge in [-0.05, 0) is 6.07 Å². The average molecular weight is 282 g/mol. The van der Waals surface area contributed by atoms with E-state index in [0.717, 1.165) is 0 Å². The lowest BCUT2D eigenvalue weighted by molar-refractivity contribution is -0.384. The third kappa shape index (κ3) is 2.62. The maximum atomic E-state index is 11.7. The summed E-state index contributed by atoms with van der Waals surface area (Å²) < 4.78 is 9.94. The molecule has 0 amide bonds. The average Bonchev–Trinajstić information content (AvgIpc) is 2.46. The summed E-state index contributed by atoms with van der Waals surface area (Å²) in [6.45, 7) is 1.02. The molecule has 1 aromatic heterocycles. The molecule has 1 aliphatic rings. The van der Waals surface area contributed by atoms with Gasteiger partial charge in [0.25, 0.3) is 0 Å². The summed E-state index contributed by atoms with van der Waals surface area (Å²) in [7, 11) is 1.28. The van der Waals surface area contributed by atoms with Crippen LogP contribution in [0.15, 0.2) is 12.1 Å². The SMILES string of the molecule is COC(=O)C1COCCN1c1ccc([N+](=O)[O-])c(N)n1. The van der Waals surface area contributed by atoms with Gasteiger partial charge in [0.1, 0.15) is 5.82 Å². The van der Waals surface area contributed by atoms with Gasteiger partial charge in [0.2, 0.25) is 5.82 Å². The van der Waals surface area contributed by atoms with Crippen molar-refractivity contribution in [1.82, 2.24) is 4.98 Å². The molecule has 1 atom stereocenters.